The molecule has 0 atom stereocenters. The molecule has 0 aliphatic rings. The Morgan fingerprint density at radius 2 is 1.71 bits per heavy atom. The van der Waals surface area contributed by atoms with Gasteiger partial charge in [-0.15, -0.1) is 0 Å². The third kappa shape index (κ3) is 5.37. The van der Waals surface area contributed by atoms with E-state index in [0.29, 0.717) is 17.7 Å². The lowest BCUT2D eigenvalue weighted by Crippen LogP contribution is -2.09. The first-order valence-corrected chi connectivity index (χ1v) is 7.96. The molecule has 0 amide bonds. The Morgan fingerprint density at radius 3 is 2.21 bits per heavy atom. The summed E-state index contributed by atoms with van der Waals surface area (Å²) in [6, 6.07) is 5.07. The minimum Gasteiger partial charge on any atom is -0.481 e. The summed E-state index contributed by atoms with van der Waals surface area (Å²) in [6.07, 6.45) is 2.32. The van der Waals surface area contributed by atoms with Crippen molar-refractivity contribution in [2.45, 2.75) is 46.5 Å². The molecule has 130 valence electrons. The number of hydrogen-bond donors (Lipinski definition) is 1. The topological polar surface area (TPSA) is 63.1 Å². The number of aryl methyl sites for hydroxylation is 1. The number of hydrogen-bond acceptors (Lipinski definition) is 3. The molecule has 2 aromatic rings. The van der Waals surface area contributed by atoms with Crippen LogP contribution in [0, 0.1) is 11.6 Å². The van der Waals surface area contributed by atoms with Crippen molar-refractivity contribution in [3.8, 4) is 11.3 Å². The van der Waals surface area contributed by atoms with Crippen molar-refractivity contribution < 1.29 is 18.7 Å². The molecule has 0 saturated heterocycles. The van der Waals surface area contributed by atoms with Crippen LogP contribution >= 0.6 is 0 Å². The molecule has 0 unspecified atom stereocenters. The number of carboxylic acids is 1. The van der Waals surface area contributed by atoms with Crippen LogP contribution < -0.4 is 0 Å². The Kier molecular flexibility index (Phi) is 7.95. The highest BCUT2D eigenvalue weighted by Gasteiger charge is 2.16. The van der Waals surface area contributed by atoms with E-state index in [1.54, 1.807) is 0 Å². The zero-order chi connectivity index (χ0) is 18.1. The standard InChI is InChI=1S/C15H14F2N2O2.C3H8/c1-2-4-9-7-13(19-18-12(9)8-14(20)21)15-10(16)5-3-6-11(15)17;1-3-2/h3,5-7H,2,4,8H2,1H3,(H,20,21);3H2,1-2H3. The van der Waals surface area contributed by atoms with Gasteiger partial charge in [0, 0.05) is 0 Å². The van der Waals surface area contributed by atoms with E-state index in [0.717, 1.165) is 18.6 Å². The van der Waals surface area contributed by atoms with Gasteiger partial charge in [0.25, 0.3) is 0 Å². The first-order chi connectivity index (χ1) is 11.4. The fourth-order valence-corrected chi connectivity index (χ4v) is 2.10. The van der Waals surface area contributed by atoms with E-state index in [-0.39, 0.29) is 17.7 Å². The molecule has 0 bridgehead atoms. The molecular formula is C18H22F2N2O2. The minimum atomic E-state index is -1.02. The average molecular weight is 336 g/mol. The summed E-state index contributed by atoms with van der Waals surface area (Å²) in [7, 11) is 0. The van der Waals surface area contributed by atoms with Gasteiger partial charge in [-0.2, -0.15) is 10.2 Å². The van der Waals surface area contributed by atoms with Gasteiger partial charge in [-0.3, -0.25) is 4.79 Å². The van der Waals surface area contributed by atoms with Crippen LogP contribution in [0.15, 0.2) is 24.3 Å². The summed E-state index contributed by atoms with van der Waals surface area (Å²) in [5.41, 5.74) is 0.796. The monoisotopic (exact) mass is 336 g/mol. The Bertz CT molecular complexity index is 670. The lowest BCUT2D eigenvalue weighted by atomic mass is 10.0. The molecule has 1 heterocycles. The number of benzene rings is 1. The van der Waals surface area contributed by atoms with Gasteiger partial charge in [0.2, 0.25) is 0 Å². The van der Waals surface area contributed by atoms with Crippen LogP contribution in [0.5, 0.6) is 0 Å². The van der Waals surface area contributed by atoms with Gasteiger partial charge in [0.05, 0.1) is 23.4 Å². The summed E-state index contributed by atoms with van der Waals surface area (Å²) < 4.78 is 27.5. The molecule has 0 spiro atoms. The summed E-state index contributed by atoms with van der Waals surface area (Å²) >= 11 is 0. The van der Waals surface area contributed by atoms with Crippen LogP contribution in [0.25, 0.3) is 11.3 Å². The van der Waals surface area contributed by atoms with Crippen LogP contribution in [0.1, 0.15) is 44.9 Å². The van der Waals surface area contributed by atoms with Gasteiger partial charge in [-0.1, -0.05) is 39.7 Å². The second-order valence-electron chi connectivity index (χ2n) is 5.33. The van der Waals surface area contributed by atoms with Crippen molar-refractivity contribution >= 4 is 5.97 Å². The Labute approximate surface area is 140 Å². The highest BCUT2D eigenvalue weighted by molar-refractivity contribution is 5.70. The zero-order valence-corrected chi connectivity index (χ0v) is 14.1. The fourth-order valence-electron chi connectivity index (χ4n) is 2.10. The van der Waals surface area contributed by atoms with Crippen molar-refractivity contribution in [2.24, 2.45) is 0 Å². The zero-order valence-electron chi connectivity index (χ0n) is 14.1. The third-order valence-corrected chi connectivity index (χ3v) is 3.02. The van der Waals surface area contributed by atoms with Gasteiger partial charge >= 0.3 is 5.97 Å². The molecule has 4 nitrogen and oxygen atoms in total. The predicted octanol–water partition coefficient (Wildman–Crippen LogP) is 4.42. The summed E-state index contributed by atoms with van der Waals surface area (Å²) in [5.74, 6) is -2.47. The van der Waals surface area contributed by atoms with E-state index >= 15 is 0 Å². The molecule has 0 fully saturated rings. The molecule has 1 N–H and O–H groups in total. The number of carboxylic acid groups (broad SMARTS) is 1. The fraction of sp³-hybridized carbons (Fsp3) is 0.389. The number of aromatic nitrogens is 2. The van der Waals surface area contributed by atoms with Gasteiger partial charge in [-0.05, 0) is 30.2 Å². The van der Waals surface area contributed by atoms with E-state index in [9.17, 15) is 13.6 Å². The van der Waals surface area contributed by atoms with E-state index in [2.05, 4.69) is 24.0 Å². The van der Waals surface area contributed by atoms with Crippen LogP contribution in [0.4, 0.5) is 8.78 Å². The SMILES string of the molecule is CCC.CCCc1cc(-c2c(F)cccc2F)nnc1CC(=O)O. The summed E-state index contributed by atoms with van der Waals surface area (Å²) in [6.45, 7) is 6.17. The van der Waals surface area contributed by atoms with Crippen molar-refractivity contribution in [1.29, 1.82) is 0 Å². The third-order valence-electron chi connectivity index (χ3n) is 3.02. The maximum absolute atomic E-state index is 13.8. The highest BCUT2D eigenvalue weighted by atomic mass is 19.1. The molecule has 0 saturated carbocycles. The molecule has 24 heavy (non-hydrogen) atoms. The van der Waals surface area contributed by atoms with Gasteiger partial charge in [0.1, 0.15) is 11.6 Å². The Morgan fingerprint density at radius 1 is 1.12 bits per heavy atom. The number of halogens is 2. The second kappa shape index (κ2) is 9.70. The van der Waals surface area contributed by atoms with Crippen LogP contribution in [-0.4, -0.2) is 21.3 Å². The largest absolute Gasteiger partial charge is 0.481 e. The van der Waals surface area contributed by atoms with Crippen molar-refractivity contribution in [1.82, 2.24) is 10.2 Å². The Hall–Kier alpha value is -2.37. The molecule has 1 aromatic carbocycles. The average Bonchev–Trinajstić information content (AvgIpc) is 2.50. The maximum Gasteiger partial charge on any atom is 0.309 e. The number of nitrogens with zero attached hydrogens (tertiary/aromatic N) is 2. The quantitative estimate of drug-likeness (QED) is 0.878. The van der Waals surface area contributed by atoms with E-state index in [4.69, 9.17) is 5.11 Å². The smallest absolute Gasteiger partial charge is 0.309 e. The second-order valence-corrected chi connectivity index (χ2v) is 5.33. The van der Waals surface area contributed by atoms with E-state index in [1.807, 2.05) is 6.92 Å². The number of aliphatic carboxylic acids is 1. The molecular weight excluding hydrogens is 314 g/mol. The van der Waals surface area contributed by atoms with Crippen molar-refractivity contribution in [3.05, 3.63) is 47.2 Å². The Balaban J connectivity index is 0.000000891. The lowest BCUT2D eigenvalue weighted by molar-refractivity contribution is -0.136. The number of carbonyl (C=O) groups is 1. The maximum atomic E-state index is 13.8. The lowest BCUT2D eigenvalue weighted by Gasteiger charge is -2.09. The highest BCUT2D eigenvalue weighted by Crippen LogP contribution is 2.25. The molecule has 0 aliphatic carbocycles. The van der Waals surface area contributed by atoms with Gasteiger partial charge in [0.15, 0.2) is 0 Å². The van der Waals surface area contributed by atoms with Gasteiger partial charge in [-0.25, -0.2) is 8.78 Å². The van der Waals surface area contributed by atoms with E-state index in [1.165, 1.54) is 18.6 Å². The number of rotatable bonds is 5. The molecule has 0 radical (unpaired) electrons. The van der Waals surface area contributed by atoms with Crippen LogP contribution in [-0.2, 0) is 17.6 Å². The van der Waals surface area contributed by atoms with Crippen LogP contribution in [0.3, 0.4) is 0 Å². The molecule has 1 aromatic heterocycles. The predicted molar refractivity (Wildman–Crippen MR) is 88.7 cm³/mol. The molecule has 0 aliphatic heterocycles. The minimum absolute atomic E-state index is 0.0724. The van der Waals surface area contributed by atoms with Crippen LogP contribution in [0.2, 0.25) is 0 Å². The summed E-state index contributed by atoms with van der Waals surface area (Å²) in [5, 5.41) is 16.5. The first-order valence-electron chi connectivity index (χ1n) is 7.96. The van der Waals surface area contributed by atoms with Crippen molar-refractivity contribution in [3.63, 3.8) is 0 Å². The van der Waals surface area contributed by atoms with Gasteiger partial charge < -0.3 is 5.11 Å². The normalized spacial score (nSPS) is 10.0. The first kappa shape index (κ1) is 19.7. The molecule has 2 rings (SSSR count). The van der Waals surface area contributed by atoms with Crippen molar-refractivity contribution in [2.75, 3.05) is 0 Å². The molecule has 6 heteroatoms. The van der Waals surface area contributed by atoms with E-state index < -0.39 is 17.6 Å². The summed E-state index contributed by atoms with van der Waals surface area (Å²) in [4.78, 5) is 10.8.